The van der Waals surface area contributed by atoms with Gasteiger partial charge in [0.25, 0.3) is 0 Å². The van der Waals surface area contributed by atoms with Crippen LogP contribution in [0.5, 0.6) is 11.5 Å². The molecule has 3 aromatic rings. The molecule has 2 atom stereocenters. The van der Waals surface area contributed by atoms with Crippen LogP contribution in [-0.4, -0.2) is 46.0 Å². The van der Waals surface area contributed by atoms with Gasteiger partial charge in [0.05, 0.1) is 5.56 Å². The first kappa shape index (κ1) is 20.7. The predicted octanol–water partition coefficient (Wildman–Crippen LogP) is 4.77. The first-order valence-corrected chi connectivity index (χ1v) is 10.9. The lowest BCUT2D eigenvalue weighted by atomic mass is 10.1. The smallest absolute Gasteiger partial charge is 0.335 e. The molecule has 0 radical (unpaired) electrons. The van der Waals surface area contributed by atoms with Gasteiger partial charge in [-0.2, -0.15) is 0 Å². The lowest BCUT2D eigenvalue weighted by Crippen LogP contribution is -2.45. The van der Waals surface area contributed by atoms with E-state index in [4.69, 9.17) is 9.84 Å². The highest BCUT2D eigenvalue weighted by atomic mass is 19.1. The molecule has 0 unspecified atom stereocenters. The van der Waals surface area contributed by atoms with Gasteiger partial charge in [0, 0.05) is 49.9 Å². The molecule has 0 spiro atoms. The number of carboxylic acids is 1. The number of carboxylic acid groups (broad SMARTS) is 1. The Morgan fingerprint density at radius 2 is 1.59 bits per heavy atom. The van der Waals surface area contributed by atoms with E-state index in [0.29, 0.717) is 41.3 Å². The third-order valence-corrected chi connectivity index (χ3v) is 6.43. The monoisotopic (exact) mass is 432 g/mol. The van der Waals surface area contributed by atoms with Gasteiger partial charge >= 0.3 is 5.97 Å². The molecule has 2 aliphatic heterocycles. The summed E-state index contributed by atoms with van der Waals surface area (Å²) in [7, 11) is 0. The Labute approximate surface area is 186 Å². The fraction of sp³-hybridized carbons (Fsp3) is 0.269. The second-order valence-electron chi connectivity index (χ2n) is 8.57. The highest BCUT2D eigenvalue weighted by Gasteiger charge is 2.42. The van der Waals surface area contributed by atoms with Crippen LogP contribution in [0.3, 0.4) is 0 Å². The Bertz CT molecular complexity index is 1100. The van der Waals surface area contributed by atoms with Gasteiger partial charge in [-0.3, -0.25) is 9.80 Å². The molecule has 0 amide bonds. The number of fused-ring (bicyclic) bond motifs is 2. The van der Waals surface area contributed by atoms with Crippen LogP contribution < -0.4 is 4.74 Å². The Balaban J connectivity index is 1.17. The Kier molecular flexibility index (Phi) is 5.64. The van der Waals surface area contributed by atoms with Gasteiger partial charge in [0.15, 0.2) is 0 Å². The average molecular weight is 432 g/mol. The summed E-state index contributed by atoms with van der Waals surface area (Å²) in [5.41, 5.74) is 2.12. The van der Waals surface area contributed by atoms with Crippen LogP contribution in [-0.2, 0) is 13.1 Å². The summed E-state index contributed by atoms with van der Waals surface area (Å²) in [6.45, 7) is 3.27. The fourth-order valence-electron chi connectivity index (χ4n) is 4.77. The number of benzene rings is 3. The fourth-order valence-corrected chi connectivity index (χ4v) is 4.77. The lowest BCUT2D eigenvalue weighted by Gasteiger charge is -2.34. The number of ether oxygens (including phenoxy) is 1. The number of halogens is 1. The van der Waals surface area contributed by atoms with Crippen molar-refractivity contribution >= 4 is 5.97 Å². The minimum atomic E-state index is -0.903. The molecule has 0 aliphatic carbocycles. The molecule has 2 bridgehead atoms. The first-order valence-electron chi connectivity index (χ1n) is 10.9. The van der Waals surface area contributed by atoms with E-state index in [2.05, 4.69) is 9.80 Å². The number of likely N-dealkylation sites (tertiary alicyclic amines) is 2. The number of hydrogen-bond donors (Lipinski definition) is 1. The maximum absolute atomic E-state index is 14.7. The molecule has 32 heavy (non-hydrogen) atoms. The minimum Gasteiger partial charge on any atom is -0.478 e. The van der Waals surface area contributed by atoms with E-state index in [1.807, 2.05) is 54.6 Å². The van der Waals surface area contributed by atoms with Gasteiger partial charge < -0.3 is 9.84 Å². The molecule has 2 saturated heterocycles. The molecular weight excluding hydrogens is 407 g/mol. The zero-order valence-corrected chi connectivity index (χ0v) is 17.7. The third-order valence-electron chi connectivity index (χ3n) is 6.43. The molecule has 2 aliphatic rings. The summed E-state index contributed by atoms with van der Waals surface area (Å²) in [6, 6.07) is 22.4. The summed E-state index contributed by atoms with van der Waals surface area (Å²) in [5, 5.41) is 9.05. The quantitative estimate of drug-likeness (QED) is 0.583. The van der Waals surface area contributed by atoms with Gasteiger partial charge in [0.1, 0.15) is 17.3 Å². The van der Waals surface area contributed by atoms with E-state index in [0.717, 1.165) is 31.6 Å². The van der Waals surface area contributed by atoms with Crippen LogP contribution in [0.25, 0.3) is 0 Å². The highest BCUT2D eigenvalue weighted by Crippen LogP contribution is 2.34. The molecule has 164 valence electrons. The van der Waals surface area contributed by atoms with Crippen molar-refractivity contribution in [1.82, 2.24) is 9.80 Å². The van der Waals surface area contributed by atoms with Crippen LogP contribution in [0.4, 0.5) is 4.39 Å². The van der Waals surface area contributed by atoms with E-state index in [-0.39, 0.29) is 5.82 Å². The van der Waals surface area contributed by atoms with E-state index in [9.17, 15) is 9.18 Å². The van der Waals surface area contributed by atoms with Crippen molar-refractivity contribution in [2.45, 2.75) is 31.6 Å². The van der Waals surface area contributed by atoms with Crippen molar-refractivity contribution in [3.63, 3.8) is 0 Å². The van der Waals surface area contributed by atoms with E-state index in [1.165, 1.54) is 6.07 Å². The molecule has 3 aromatic carbocycles. The Morgan fingerprint density at radius 1 is 0.906 bits per heavy atom. The Hall–Kier alpha value is -3.22. The minimum absolute atomic E-state index is 0.239. The normalized spacial score (nSPS) is 20.5. The molecule has 2 heterocycles. The summed E-state index contributed by atoms with van der Waals surface area (Å²) >= 11 is 0. The van der Waals surface area contributed by atoms with Crippen LogP contribution in [0, 0.1) is 5.82 Å². The Morgan fingerprint density at radius 3 is 2.22 bits per heavy atom. The van der Waals surface area contributed by atoms with Gasteiger partial charge in [-0.15, -0.1) is 0 Å². The predicted molar refractivity (Wildman–Crippen MR) is 119 cm³/mol. The van der Waals surface area contributed by atoms with Gasteiger partial charge in [-0.1, -0.05) is 36.4 Å². The van der Waals surface area contributed by atoms with Crippen LogP contribution in [0.1, 0.15) is 27.9 Å². The standard InChI is InChI=1S/C26H25FN2O3/c27-25-13-24(32-23-4-2-1-3-5-23)11-10-20(25)15-29-17-21-12-22(29)16-28(21)14-18-6-8-19(9-7-18)26(30)31/h1-11,13,21-22H,12,14-17H2,(H,30,31)/t21-,22+/m0/s1. The van der Waals surface area contributed by atoms with Gasteiger partial charge in [-0.25, -0.2) is 9.18 Å². The number of hydrogen-bond acceptors (Lipinski definition) is 4. The first-order chi connectivity index (χ1) is 15.5. The van der Waals surface area contributed by atoms with Crippen LogP contribution >= 0.6 is 0 Å². The number of rotatable bonds is 7. The summed E-state index contributed by atoms with van der Waals surface area (Å²) in [5.74, 6) is 0.0468. The topological polar surface area (TPSA) is 53.0 Å². The van der Waals surface area contributed by atoms with Crippen molar-refractivity contribution in [2.24, 2.45) is 0 Å². The molecular formula is C26H25FN2O3. The maximum atomic E-state index is 14.7. The summed E-state index contributed by atoms with van der Waals surface area (Å²) < 4.78 is 20.5. The number of nitrogens with zero attached hydrogens (tertiary/aromatic N) is 2. The lowest BCUT2D eigenvalue weighted by molar-refractivity contribution is 0.0697. The molecule has 0 aromatic heterocycles. The number of piperazine rings is 1. The van der Waals surface area contributed by atoms with Crippen molar-refractivity contribution in [3.8, 4) is 11.5 Å². The maximum Gasteiger partial charge on any atom is 0.335 e. The molecule has 2 fully saturated rings. The highest BCUT2D eigenvalue weighted by molar-refractivity contribution is 5.87. The molecule has 5 nitrogen and oxygen atoms in total. The van der Waals surface area contributed by atoms with E-state index >= 15 is 0 Å². The van der Waals surface area contributed by atoms with Crippen molar-refractivity contribution < 1.29 is 19.0 Å². The van der Waals surface area contributed by atoms with E-state index < -0.39 is 5.97 Å². The van der Waals surface area contributed by atoms with Crippen molar-refractivity contribution in [1.29, 1.82) is 0 Å². The SMILES string of the molecule is O=C(O)c1ccc(CN2C[C@H]3C[C@H]2CN3Cc2ccc(Oc3ccccc3)cc2F)cc1. The van der Waals surface area contributed by atoms with Gasteiger partial charge in [-0.05, 0) is 42.3 Å². The largest absolute Gasteiger partial charge is 0.478 e. The zero-order chi connectivity index (χ0) is 22.1. The van der Waals surface area contributed by atoms with Gasteiger partial charge in [0.2, 0.25) is 0 Å². The van der Waals surface area contributed by atoms with Crippen molar-refractivity contribution in [3.05, 3.63) is 95.3 Å². The number of para-hydroxylation sites is 1. The number of aromatic carboxylic acids is 1. The second kappa shape index (κ2) is 8.73. The van der Waals surface area contributed by atoms with E-state index in [1.54, 1.807) is 12.1 Å². The van der Waals surface area contributed by atoms with Crippen LogP contribution in [0.15, 0.2) is 72.8 Å². The second-order valence-corrected chi connectivity index (χ2v) is 8.57. The molecule has 0 saturated carbocycles. The summed E-state index contributed by atoms with van der Waals surface area (Å²) in [6.07, 6.45) is 1.09. The van der Waals surface area contributed by atoms with Crippen molar-refractivity contribution in [2.75, 3.05) is 13.1 Å². The average Bonchev–Trinajstić information content (AvgIpc) is 3.37. The molecule has 6 heteroatoms. The molecule has 5 rings (SSSR count). The third kappa shape index (κ3) is 4.38. The summed E-state index contributed by atoms with van der Waals surface area (Å²) in [4.78, 5) is 15.8. The molecule has 1 N–H and O–H groups in total. The zero-order valence-electron chi connectivity index (χ0n) is 17.7. The number of carbonyl (C=O) groups is 1. The van der Waals surface area contributed by atoms with Crippen LogP contribution in [0.2, 0.25) is 0 Å².